The quantitative estimate of drug-likeness (QED) is 0.377. The summed E-state index contributed by atoms with van der Waals surface area (Å²) in [6, 6.07) is 19.5. The van der Waals surface area contributed by atoms with E-state index >= 15 is 0 Å². The van der Waals surface area contributed by atoms with E-state index in [9.17, 15) is 10.1 Å². The van der Waals surface area contributed by atoms with E-state index in [-0.39, 0.29) is 11.5 Å². The van der Waals surface area contributed by atoms with Gasteiger partial charge < -0.3 is 15.1 Å². The summed E-state index contributed by atoms with van der Waals surface area (Å²) in [7, 11) is 0. The van der Waals surface area contributed by atoms with Gasteiger partial charge in [-0.25, -0.2) is 15.0 Å². The molecule has 9 heteroatoms. The van der Waals surface area contributed by atoms with Crippen LogP contribution in [-0.2, 0) is 0 Å². The van der Waals surface area contributed by atoms with Crippen LogP contribution in [0, 0.1) is 10.1 Å². The maximum absolute atomic E-state index is 12.1. The number of hydrogen-bond donors (Lipinski definition) is 1. The summed E-state index contributed by atoms with van der Waals surface area (Å²) in [4.78, 5) is 28.6. The summed E-state index contributed by atoms with van der Waals surface area (Å²) < 4.78 is 0. The van der Waals surface area contributed by atoms with Crippen molar-refractivity contribution >= 4 is 39.6 Å². The van der Waals surface area contributed by atoms with Crippen LogP contribution in [0.25, 0.3) is 10.8 Å². The third kappa shape index (κ3) is 3.76. The predicted molar refractivity (Wildman–Crippen MR) is 125 cm³/mol. The summed E-state index contributed by atoms with van der Waals surface area (Å²) in [5.41, 5.74) is 0.641. The first-order chi connectivity index (χ1) is 15.7. The van der Waals surface area contributed by atoms with Gasteiger partial charge in [-0.2, -0.15) is 0 Å². The molecular formula is C23H21N7O2. The zero-order valence-corrected chi connectivity index (χ0v) is 17.3. The first-order valence-electron chi connectivity index (χ1n) is 10.4. The van der Waals surface area contributed by atoms with Crippen molar-refractivity contribution < 1.29 is 4.92 Å². The van der Waals surface area contributed by atoms with Crippen molar-refractivity contribution in [2.75, 3.05) is 41.3 Å². The van der Waals surface area contributed by atoms with Crippen molar-refractivity contribution in [2.24, 2.45) is 0 Å². The molecular weight excluding hydrogens is 406 g/mol. The lowest BCUT2D eigenvalue weighted by molar-refractivity contribution is -0.383. The molecule has 2 aromatic heterocycles. The zero-order chi connectivity index (χ0) is 21.9. The number of nitrogens with one attached hydrogen (secondary N) is 1. The van der Waals surface area contributed by atoms with Crippen LogP contribution in [0.1, 0.15) is 0 Å². The lowest BCUT2D eigenvalue weighted by Gasteiger charge is -2.35. The molecule has 5 rings (SSSR count). The maximum Gasteiger partial charge on any atom is 0.353 e. The number of nitro groups is 1. The summed E-state index contributed by atoms with van der Waals surface area (Å²) >= 11 is 0. The second kappa shape index (κ2) is 8.46. The second-order valence-corrected chi connectivity index (χ2v) is 7.47. The highest BCUT2D eigenvalue weighted by Gasteiger charge is 2.29. The van der Waals surface area contributed by atoms with Crippen molar-refractivity contribution in [2.45, 2.75) is 0 Å². The van der Waals surface area contributed by atoms with Crippen molar-refractivity contribution in [3.8, 4) is 0 Å². The molecule has 1 fully saturated rings. The van der Waals surface area contributed by atoms with Gasteiger partial charge in [0, 0.05) is 43.4 Å². The Morgan fingerprint density at radius 2 is 1.59 bits per heavy atom. The first-order valence-corrected chi connectivity index (χ1v) is 10.4. The molecule has 0 radical (unpaired) electrons. The van der Waals surface area contributed by atoms with Crippen molar-refractivity contribution in [1.29, 1.82) is 0 Å². The van der Waals surface area contributed by atoms with Gasteiger partial charge in [0.2, 0.25) is 11.6 Å². The van der Waals surface area contributed by atoms with Gasteiger partial charge in [0.15, 0.2) is 0 Å². The van der Waals surface area contributed by atoms with Gasteiger partial charge in [0.1, 0.15) is 12.1 Å². The largest absolute Gasteiger partial charge is 0.353 e. The van der Waals surface area contributed by atoms with E-state index in [1.165, 1.54) is 6.33 Å². The van der Waals surface area contributed by atoms with Gasteiger partial charge in [-0.3, -0.25) is 10.1 Å². The van der Waals surface area contributed by atoms with Gasteiger partial charge in [0.05, 0.1) is 4.92 Å². The number of rotatable bonds is 5. The van der Waals surface area contributed by atoms with E-state index in [0.717, 1.165) is 22.3 Å². The molecule has 0 atom stereocenters. The Hall–Kier alpha value is -4.27. The average Bonchev–Trinajstić information content (AvgIpc) is 2.85. The SMILES string of the molecule is O=[N+]([O-])c1c(Nc2cccc3ccccc23)ncnc1N1CCN(c2ccccn2)CC1. The van der Waals surface area contributed by atoms with Crippen molar-refractivity contribution in [3.63, 3.8) is 0 Å². The van der Waals surface area contributed by atoms with Gasteiger partial charge >= 0.3 is 5.69 Å². The van der Waals surface area contributed by atoms with Crippen LogP contribution < -0.4 is 15.1 Å². The Kier molecular flexibility index (Phi) is 5.20. The Morgan fingerprint density at radius 1 is 0.844 bits per heavy atom. The fourth-order valence-electron chi connectivity index (χ4n) is 4.01. The van der Waals surface area contributed by atoms with Crippen LogP contribution in [0.3, 0.4) is 0 Å². The van der Waals surface area contributed by atoms with Crippen molar-refractivity contribution in [1.82, 2.24) is 15.0 Å². The van der Waals surface area contributed by atoms with E-state index < -0.39 is 4.92 Å². The molecule has 3 heterocycles. The van der Waals surface area contributed by atoms with Gasteiger partial charge in [-0.1, -0.05) is 42.5 Å². The molecule has 0 amide bonds. The zero-order valence-electron chi connectivity index (χ0n) is 17.3. The minimum atomic E-state index is -0.409. The molecule has 0 spiro atoms. The van der Waals surface area contributed by atoms with E-state index in [2.05, 4.69) is 25.2 Å². The van der Waals surface area contributed by atoms with Crippen LogP contribution in [0.5, 0.6) is 0 Å². The van der Waals surface area contributed by atoms with Crippen LogP contribution in [0.15, 0.2) is 73.2 Å². The normalized spacial score (nSPS) is 13.9. The standard InChI is InChI=1S/C23H21N7O2/c31-30(32)21-22(27-19-9-5-7-17-6-1-2-8-18(17)19)25-16-26-23(21)29-14-12-28(13-15-29)20-10-3-4-11-24-20/h1-11,16H,12-15H2,(H,25,26,27). The molecule has 0 saturated carbocycles. The number of anilines is 4. The summed E-state index contributed by atoms with van der Waals surface area (Å²) in [6.07, 6.45) is 3.14. The Labute approximate surface area is 184 Å². The predicted octanol–water partition coefficient (Wildman–Crippen LogP) is 4.00. The molecule has 4 aromatic rings. The fourth-order valence-corrected chi connectivity index (χ4v) is 4.01. The third-order valence-electron chi connectivity index (χ3n) is 5.58. The first kappa shape index (κ1) is 19.7. The van der Waals surface area contributed by atoms with Crippen LogP contribution in [-0.4, -0.2) is 46.1 Å². The number of nitrogens with zero attached hydrogens (tertiary/aromatic N) is 6. The average molecular weight is 427 g/mol. The number of piperazine rings is 1. The molecule has 1 aliphatic rings. The molecule has 1 aliphatic heterocycles. The molecule has 32 heavy (non-hydrogen) atoms. The molecule has 160 valence electrons. The summed E-state index contributed by atoms with van der Waals surface area (Å²) in [6.45, 7) is 2.60. The lowest BCUT2D eigenvalue weighted by atomic mass is 10.1. The van der Waals surface area contributed by atoms with Gasteiger partial charge in [0.25, 0.3) is 0 Å². The Morgan fingerprint density at radius 3 is 2.38 bits per heavy atom. The second-order valence-electron chi connectivity index (χ2n) is 7.47. The molecule has 0 bridgehead atoms. The van der Waals surface area contributed by atoms with Gasteiger partial charge in [-0.15, -0.1) is 0 Å². The molecule has 2 aromatic carbocycles. The number of pyridine rings is 1. The Bertz CT molecular complexity index is 1250. The molecule has 1 N–H and O–H groups in total. The number of benzene rings is 2. The molecule has 0 aliphatic carbocycles. The van der Waals surface area contributed by atoms with Crippen LogP contribution in [0.4, 0.5) is 28.8 Å². The van der Waals surface area contributed by atoms with Gasteiger partial charge in [-0.05, 0) is 23.6 Å². The lowest BCUT2D eigenvalue weighted by Crippen LogP contribution is -2.47. The van der Waals surface area contributed by atoms with Crippen LogP contribution in [0.2, 0.25) is 0 Å². The highest BCUT2D eigenvalue weighted by Crippen LogP contribution is 2.35. The van der Waals surface area contributed by atoms with E-state index in [0.29, 0.717) is 32.0 Å². The van der Waals surface area contributed by atoms with E-state index in [1.54, 1.807) is 6.20 Å². The summed E-state index contributed by atoms with van der Waals surface area (Å²) in [5.74, 6) is 1.42. The monoisotopic (exact) mass is 427 g/mol. The topological polar surface area (TPSA) is 100 Å². The third-order valence-corrected chi connectivity index (χ3v) is 5.58. The van der Waals surface area contributed by atoms with E-state index in [1.807, 2.05) is 65.6 Å². The highest BCUT2D eigenvalue weighted by atomic mass is 16.6. The minimum absolute atomic E-state index is 0.119. The molecule has 0 unspecified atom stereocenters. The van der Waals surface area contributed by atoms with Crippen molar-refractivity contribution in [3.05, 3.63) is 83.3 Å². The number of aromatic nitrogens is 3. The number of hydrogen-bond acceptors (Lipinski definition) is 8. The smallest absolute Gasteiger partial charge is 0.353 e. The maximum atomic E-state index is 12.1. The number of fused-ring (bicyclic) bond motifs is 1. The van der Waals surface area contributed by atoms with Crippen LogP contribution >= 0.6 is 0 Å². The molecule has 1 saturated heterocycles. The summed E-state index contributed by atoms with van der Waals surface area (Å²) in [5, 5.41) is 17.2. The minimum Gasteiger partial charge on any atom is -0.353 e. The highest BCUT2D eigenvalue weighted by molar-refractivity contribution is 5.96. The fraction of sp³-hybridized carbons (Fsp3) is 0.174. The molecule has 9 nitrogen and oxygen atoms in total. The van der Waals surface area contributed by atoms with E-state index in [4.69, 9.17) is 0 Å². The Balaban J connectivity index is 1.43.